The lowest BCUT2D eigenvalue weighted by atomic mass is 10.2. The molecular formula is C16H15N3OS2. The van der Waals surface area contributed by atoms with Gasteiger partial charge >= 0.3 is 0 Å². The second-order valence-corrected chi connectivity index (χ2v) is 6.67. The molecule has 0 atom stereocenters. The van der Waals surface area contributed by atoms with Gasteiger partial charge in [0.25, 0.3) is 5.91 Å². The van der Waals surface area contributed by atoms with E-state index in [0.29, 0.717) is 12.1 Å². The monoisotopic (exact) mass is 329 g/mol. The first kappa shape index (κ1) is 14.9. The van der Waals surface area contributed by atoms with Gasteiger partial charge in [-0.25, -0.2) is 4.98 Å². The van der Waals surface area contributed by atoms with E-state index < -0.39 is 0 Å². The first-order chi connectivity index (χ1) is 10.8. The highest BCUT2D eigenvalue weighted by Crippen LogP contribution is 2.27. The summed E-state index contributed by atoms with van der Waals surface area (Å²) in [7, 11) is 0. The number of hydrogen-bond acceptors (Lipinski definition) is 4. The molecule has 0 unspecified atom stereocenters. The summed E-state index contributed by atoms with van der Waals surface area (Å²) in [6.45, 7) is 0.447. The number of rotatable bonds is 6. The minimum Gasteiger partial charge on any atom is -0.347 e. The van der Waals surface area contributed by atoms with E-state index >= 15 is 0 Å². The minimum atomic E-state index is -0.0659. The van der Waals surface area contributed by atoms with Gasteiger partial charge in [-0.15, -0.1) is 23.1 Å². The number of carbonyl (C=O) groups is 1. The highest BCUT2D eigenvalue weighted by atomic mass is 32.2. The van der Waals surface area contributed by atoms with Crippen molar-refractivity contribution in [1.29, 1.82) is 0 Å². The number of carbonyl (C=O) groups excluding carboxylic acids is 1. The number of benzene rings is 1. The van der Waals surface area contributed by atoms with Crippen LogP contribution in [0.5, 0.6) is 0 Å². The number of aromatic amines is 1. The number of nitrogens with zero attached hydrogens (tertiary/aromatic N) is 1. The second-order valence-electron chi connectivity index (χ2n) is 4.62. The van der Waals surface area contributed by atoms with Crippen LogP contribution < -0.4 is 5.32 Å². The summed E-state index contributed by atoms with van der Waals surface area (Å²) < 4.78 is 0. The Kier molecular flexibility index (Phi) is 4.92. The fourth-order valence-corrected chi connectivity index (χ4v) is 3.80. The van der Waals surface area contributed by atoms with E-state index in [1.54, 1.807) is 35.6 Å². The van der Waals surface area contributed by atoms with Crippen LogP contribution in [0.25, 0.3) is 0 Å². The van der Waals surface area contributed by atoms with Gasteiger partial charge < -0.3 is 10.3 Å². The van der Waals surface area contributed by atoms with Crippen LogP contribution in [-0.4, -0.2) is 15.9 Å². The molecule has 3 aromatic rings. The van der Waals surface area contributed by atoms with Crippen molar-refractivity contribution in [3.05, 3.63) is 70.4 Å². The number of hydrogen-bond donors (Lipinski definition) is 2. The Labute approximate surface area is 137 Å². The van der Waals surface area contributed by atoms with Crippen LogP contribution in [0.2, 0.25) is 0 Å². The van der Waals surface area contributed by atoms with Gasteiger partial charge in [-0.2, -0.15) is 0 Å². The van der Waals surface area contributed by atoms with Gasteiger partial charge in [0.2, 0.25) is 0 Å². The van der Waals surface area contributed by atoms with Crippen LogP contribution in [0.3, 0.4) is 0 Å². The molecule has 4 nitrogen and oxygen atoms in total. The molecule has 1 aromatic carbocycles. The van der Waals surface area contributed by atoms with Gasteiger partial charge in [0.05, 0.1) is 24.1 Å². The molecule has 0 aliphatic heterocycles. The Morgan fingerprint density at radius 1 is 1.27 bits per heavy atom. The number of amides is 1. The van der Waals surface area contributed by atoms with Crippen LogP contribution >= 0.6 is 23.1 Å². The van der Waals surface area contributed by atoms with Crippen LogP contribution in [0.4, 0.5) is 0 Å². The standard InChI is InChI=1S/C16H15N3OS2/c20-16(18-9-12-8-17-11-19-12)14-5-1-2-6-15(14)22-10-13-4-3-7-21-13/h1-8,11H,9-10H2,(H,17,19)(H,18,20). The molecule has 2 heterocycles. The Bertz CT molecular complexity index is 724. The van der Waals surface area contributed by atoms with Crippen molar-refractivity contribution in [3.63, 3.8) is 0 Å². The third kappa shape index (κ3) is 3.78. The van der Waals surface area contributed by atoms with Crippen LogP contribution in [0.1, 0.15) is 20.9 Å². The SMILES string of the molecule is O=C(NCc1cnc[nH]1)c1ccccc1SCc1cccs1. The van der Waals surface area contributed by atoms with Crippen molar-refractivity contribution in [2.75, 3.05) is 0 Å². The molecule has 0 saturated carbocycles. The number of aromatic nitrogens is 2. The maximum absolute atomic E-state index is 12.4. The van der Waals surface area contributed by atoms with Gasteiger partial charge in [-0.3, -0.25) is 4.79 Å². The molecule has 0 fully saturated rings. The minimum absolute atomic E-state index is 0.0659. The van der Waals surface area contributed by atoms with Crippen LogP contribution in [0, 0.1) is 0 Å². The summed E-state index contributed by atoms with van der Waals surface area (Å²) >= 11 is 3.42. The van der Waals surface area contributed by atoms with E-state index in [2.05, 4.69) is 26.7 Å². The van der Waals surface area contributed by atoms with E-state index in [4.69, 9.17) is 0 Å². The summed E-state index contributed by atoms with van der Waals surface area (Å²) in [4.78, 5) is 21.6. The van der Waals surface area contributed by atoms with Crippen molar-refractivity contribution in [3.8, 4) is 0 Å². The molecule has 3 rings (SSSR count). The van der Waals surface area contributed by atoms with Gasteiger partial charge in [0.15, 0.2) is 0 Å². The van der Waals surface area contributed by atoms with Crippen molar-refractivity contribution in [2.45, 2.75) is 17.2 Å². The first-order valence-corrected chi connectivity index (χ1v) is 8.69. The molecule has 6 heteroatoms. The number of H-pyrrole nitrogens is 1. The maximum Gasteiger partial charge on any atom is 0.252 e. The molecule has 0 saturated heterocycles. The summed E-state index contributed by atoms with van der Waals surface area (Å²) in [5.74, 6) is 0.812. The predicted octanol–water partition coefficient (Wildman–Crippen LogP) is 3.69. The fraction of sp³-hybridized carbons (Fsp3) is 0.125. The molecule has 0 spiro atoms. The second kappa shape index (κ2) is 7.29. The van der Waals surface area contributed by atoms with E-state index in [1.165, 1.54) is 4.88 Å². The average Bonchev–Trinajstić information content (AvgIpc) is 3.24. The highest BCUT2D eigenvalue weighted by molar-refractivity contribution is 7.98. The predicted molar refractivity (Wildman–Crippen MR) is 90.1 cm³/mol. The van der Waals surface area contributed by atoms with Crippen molar-refractivity contribution >= 4 is 29.0 Å². The largest absolute Gasteiger partial charge is 0.347 e. The Morgan fingerprint density at radius 3 is 2.95 bits per heavy atom. The van der Waals surface area contributed by atoms with E-state index in [1.807, 2.05) is 30.3 Å². The molecular weight excluding hydrogens is 314 g/mol. The molecule has 0 radical (unpaired) electrons. The fourth-order valence-electron chi connectivity index (χ4n) is 1.98. The molecule has 0 aliphatic carbocycles. The molecule has 0 bridgehead atoms. The zero-order chi connectivity index (χ0) is 15.2. The molecule has 22 heavy (non-hydrogen) atoms. The Hall–Kier alpha value is -2.05. The Balaban J connectivity index is 1.65. The Morgan fingerprint density at radius 2 is 2.18 bits per heavy atom. The van der Waals surface area contributed by atoms with E-state index in [-0.39, 0.29) is 5.91 Å². The van der Waals surface area contributed by atoms with Crippen LogP contribution in [0.15, 0.2) is 59.2 Å². The topological polar surface area (TPSA) is 57.8 Å². The van der Waals surface area contributed by atoms with Crippen molar-refractivity contribution < 1.29 is 4.79 Å². The van der Waals surface area contributed by atoms with E-state index in [0.717, 1.165) is 16.3 Å². The normalized spacial score (nSPS) is 10.5. The van der Waals surface area contributed by atoms with Crippen molar-refractivity contribution in [1.82, 2.24) is 15.3 Å². The van der Waals surface area contributed by atoms with Crippen LogP contribution in [-0.2, 0) is 12.3 Å². The highest BCUT2D eigenvalue weighted by Gasteiger charge is 2.11. The van der Waals surface area contributed by atoms with Gasteiger partial charge in [0, 0.05) is 21.7 Å². The zero-order valence-corrected chi connectivity index (χ0v) is 13.4. The lowest BCUT2D eigenvalue weighted by Crippen LogP contribution is -2.23. The average molecular weight is 329 g/mol. The third-order valence-corrected chi connectivity index (χ3v) is 5.26. The van der Waals surface area contributed by atoms with Crippen molar-refractivity contribution in [2.24, 2.45) is 0 Å². The molecule has 1 amide bonds. The lowest BCUT2D eigenvalue weighted by Gasteiger charge is -2.09. The quantitative estimate of drug-likeness (QED) is 0.678. The molecule has 112 valence electrons. The number of thiophene rings is 1. The smallest absolute Gasteiger partial charge is 0.252 e. The van der Waals surface area contributed by atoms with Gasteiger partial charge in [-0.1, -0.05) is 18.2 Å². The summed E-state index contributed by atoms with van der Waals surface area (Å²) in [5, 5.41) is 4.98. The molecule has 2 aromatic heterocycles. The van der Waals surface area contributed by atoms with Gasteiger partial charge in [0.1, 0.15) is 0 Å². The number of thioether (sulfide) groups is 1. The number of nitrogens with one attached hydrogen (secondary N) is 2. The van der Waals surface area contributed by atoms with E-state index in [9.17, 15) is 4.79 Å². The molecule has 0 aliphatic rings. The lowest BCUT2D eigenvalue weighted by molar-refractivity contribution is 0.0947. The molecule has 2 N–H and O–H groups in total. The third-order valence-electron chi connectivity index (χ3n) is 3.08. The maximum atomic E-state index is 12.4. The summed E-state index contributed by atoms with van der Waals surface area (Å²) in [5.41, 5.74) is 1.60. The first-order valence-electron chi connectivity index (χ1n) is 6.82. The summed E-state index contributed by atoms with van der Waals surface area (Å²) in [6.07, 6.45) is 3.31. The number of imidazole rings is 1. The summed E-state index contributed by atoms with van der Waals surface area (Å²) in [6, 6.07) is 11.9. The zero-order valence-electron chi connectivity index (χ0n) is 11.8. The van der Waals surface area contributed by atoms with Gasteiger partial charge in [-0.05, 0) is 23.6 Å².